The van der Waals surface area contributed by atoms with Crippen LogP contribution in [0.15, 0.2) is 40.8 Å². The Hall–Kier alpha value is -2.23. The molecule has 90 valence electrons. The Morgan fingerprint density at radius 2 is 1.83 bits per heavy atom. The van der Waals surface area contributed by atoms with Crippen molar-refractivity contribution in [3.05, 3.63) is 53.6 Å². The lowest BCUT2D eigenvalue weighted by Crippen LogP contribution is -1.85. The van der Waals surface area contributed by atoms with Crippen LogP contribution >= 0.6 is 0 Å². The molecule has 4 heteroatoms. The van der Waals surface area contributed by atoms with Crippen LogP contribution in [0.4, 0.5) is 8.78 Å². The molecular formula is C14H9F2NO. The molecule has 0 aliphatic carbocycles. The van der Waals surface area contributed by atoms with Crippen molar-refractivity contribution < 1.29 is 13.2 Å². The molecule has 0 unspecified atom stereocenters. The van der Waals surface area contributed by atoms with Crippen molar-refractivity contribution in [3.8, 4) is 11.5 Å². The summed E-state index contributed by atoms with van der Waals surface area (Å²) in [6.45, 7) is 1.95. The highest BCUT2D eigenvalue weighted by molar-refractivity contribution is 5.76. The summed E-state index contributed by atoms with van der Waals surface area (Å²) in [7, 11) is 0. The van der Waals surface area contributed by atoms with E-state index in [1.807, 2.05) is 19.1 Å². The van der Waals surface area contributed by atoms with Gasteiger partial charge in [0.25, 0.3) is 0 Å². The van der Waals surface area contributed by atoms with Gasteiger partial charge in [-0.25, -0.2) is 13.8 Å². The zero-order valence-corrected chi connectivity index (χ0v) is 9.58. The van der Waals surface area contributed by atoms with Crippen LogP contribution in [0.25, 0.3) is 22.6 Å². The summed E-state index contributed by atoms with van der Waals surface area (Å²) in [6.07, 6.45) is 0. The van der Waals surface area contributed by atoms with Gasteiger partial charge in [-0.15, -0.1) is 0 Å². The molecule has 0 saturated carbocycles. The molecule has 0 fully saturated rings. The predicted octanol–water partition coefficient (Wildman–Crippen LogP) is 4.08. The van der Waals surface area contributed by atoms with Crippen LogP contribution in [0.1, 0.15) is 5.56 Å². The van der Waals surface area contributed by atoms with E-state index in [9.17, 15) is 8.78 Å². The van der Waals surface area contributed by atoms with Gasteiger partial charge in [-0.2, -0.15) is 0 Å². The van der Waals surface area contributed by atoms with E-state index in [1.165, 1.54) is 6.07 Å². The maximum Gasteiger partial charge on any atom is 0.227 e. The largest absolute Gasteiger partial charge is 0.436 e. The molecule has 0 aliphatic rings. The average molecular weight is 245 g/mol. The Morgan fingerprint density at radius 3 is 2.61 bits per heavy atom. The lowest BCUT2D eigenvalue weighted by atomic mass is 10.2. The summed E-state index contributed by atoms with van der Waals surface area (Å²) in [4.78, 5) is 4.26. The van der Waals surface area contributed by atoms with E-state index in [2.05, 4.69) is 4.98 Å². The second-order valence-corrected chi connectivity index (χ2v) is 4.12. The van der Waals surface area contributed by atoms with Gasteiger partial charge in [0.1, 0.15) is 5.52 Å². The molecule has 18 heavy (non-hydrogen) atoms. The number of oxazole rings is 1. The molecule has 2 aromatic carbocycles. The first-order chi connectivity index (χ1) is 8.63. The maximum atomic E-state index is 13.1. The Bertz CT molecular complexity index is 734. The number of aryl methyl sites for hydroxylation is 1. The smallest absolute Gasteiger partial charge is 0.227 e. The standard InChI is InChI=1S/C14H9F2NO/c1-8-2-5-13-12(6-8)17-14(18-13)9-3-4-10(15)11(16)7-9/h2-7H,1H3. The number of rotatable bonds is 1. The van der Waals surface area contributed by atoms with Crippen molar-refractivity contribution in [1.29, 1.82) is 0 Å². The van der Waals surface area contributed by atoms with E-state index < -0.39 is 11.6 Å². The molecule has 0 bridgehead atoms. The van der Waals surface area contributed by atoms with E-state index in [-0.39, 0.29) is 5.89 Å². The van der Waals surface area contributed by atoms with Crippen molar-refractivity contribution in [2.45, 2.75) is 6.92 Å². The Balaban J connectivity index is 2.16. The van der Waals surface area contributed by atoms with Crippen LogP contribution in [0.5, 0.6) is 0 Å². The number of fused-ring (bicyclic) bond motifs is 1. The minimum Gasteiger partial charge on any atom is -0.436 e. The molecule has 2 nitrogen and oxygen atoms in total. The molecule has 3 rings (SSSR count). The van der Waals surface area contributed by atoms with Crippen molar-refractivity contribution in [2.24, 2.45) is 0 Å². The Morgan fingerprint density at radius 1 is 1.00 bits per heavy atom. The maximum absolute atomic E-state index is 13.1. The topological polar surface area (TPSA) is 26.0 Å². The molecule has 0 spiro atoms. The SMILES string of the molecule is Cc1ccc2oc(-c3ccc(F)c(F)c3)nc2c1. The predicted molar refractivity (Wildman–Crippen MR) is 64.1 cm³/mol. The second kappa shape index (κ2) is 3.91. The fraction of sp³-hybridized carbons (Fsp3) is 0.0714. The molecule has 0 aliphatic heterocycles. The highest BCUT2D eigenvalue weighted by Gasteiger charge is 2.10. The lowest BCUT2D eigenvalue weighted by molar-refractivity contribution is 0.508. The van der Waals surface area contributed by atoms with Crippen LogP contribution in [0.2, 0.25) is 0 Å². The van der Waals surface area contributed by atoms with Crippen molar-refractivity contribution >= 4 is 11.1 Å². The number of benzene rings is 2. The molecule has 1 aromatic heterocycles. The minimum absolute atomic E-state index is 0.287. The molecule has 0 saturated heterocycles. The Kier molecular flexibility index (Phi) is 2.37. The summed E-state index contributed by atoms with van der Waals surface area (Å²) in [5.41, 5.74) is 2.81. The average Bonchev–Trinajstić information content (AvgIpc) is 2.75. The number of halogens is 2. The van der Waals surface area contributed by atoms with Gasteiger partial charge < -0.3 is 4.42 Å². The first kappa shape index (κ1) is 10.9. The van der Waals surface area contributed by atoms with Crippen LogP contribution in [-0.2, 0) is 0 Å². The fourth-order valence-electron chi connectivity index (χ4n) is 1.79. The highest BCUT2D eigenvalue weighted by atomic mass is 19.2. The summed E-state index contributed by atoms with van der Waals surface area (Å²) in [5.74, 6) is -1.51. The van der Waals surface area contributed by atoms with E-state index in [4.69, 9.17) is 4.42 Å². The van der Waals surface area contributed by atoms with Gasteiger partial charge in [0.2, 0.25) is 5.89 Å². The van der Waals surface area contributed by atoms with Crippen molar-refractivity contribution in [1.82, 2.24) is 4.98 Å². The van der Waals surface area contributed by atoms with Crippen molar-refractivity contribution in [2.75, 3.05) is 0 Å². The van der Waals surface area contributed by atoms with Gasteiger partial charge in [-0.3, -0.25) is 0 Å². The van der Waals surface area contributed by atoms with E-state index in [0.717, 1.165) is 17.7 Å². The van der Waals surface area contributed by atoms with Gasteiger partial charge in [0.05, 0.1) is 0 Å². The number of hydrogen-bond acceptors (Lipinski definition) is 2. The van der Waals surface area contributed by atoms with Crippen LogP contribution in [0.3, 0.4) is 0 Å². The summed E-state index contributed by atoms with van der Waals surface area (Å²) < 4.78 is 31.5. The third-order valence-electron chi connectivity index (χ3n) is 2.71. The van der Waals surface area contributed by atoms with E-state index in [0.29, 0.717) is 16.7 Å². The zero-order valence-electron chi connectivity index (χ0n) is 9.58. The lowest BCUT2D eigenvalue weighted by Gasteiger charge is -1.96. The van der Waals surface area contributed by atoms with Crippen molar-refractivity contribution in [3.63, 3.8) is 0 Å². The van der Waals surface area contributed by atoms with Crippen LogP contribution in [-0.4, -0.2) is 4.98 Å². The number of aromatic nitrogens is 1. The highest BCUT2D eigenvalue weighted by Crippen LogP contribution is 2.25. The quantitative estimate of drug-likeness (QED) is 0.645. The van der Waals surface area contributed by atoms with Crippen LogP contribution < -0.4 is 0 Å². The first-order valence-corrected chi connectivity index (χ1v) is 5.46. The first-order valence-electron chi connectivity index (χ1n) is 5.46. The molecule has 0 N–H and O–H groups in total. The second-order valence-electron chi connectivity index (χ2n) is 4.12. The van der Waals surface area contributed by atoms with Gasteiger partial charge in [-0.1, -0.05) is 6.07 Å². The number of nitrogens with zero attached hydrogens (tertiary/aromatic N) is 1. The van der Waals surface area contributed by atoms with Gasteiger partial charge in [-0.05, 0) is 42.8 Å². The van der Waals surface area contributed by atoms with Crippen LogP contribution in [0, 0.1) is 18.6 Å². The van der Waals surface area contributed by atoms with Gasteiger partial charge >= 0.3 is 0 Å². The third-order valence-corrected chi connectivity index (χ3v) is 2.71. The molecule has 0 radical (unpaired) electrons. The summed E-state index contributed by atoms with van der Waals surface area (Å²) >= 11 is 0. The summed E-state index contributed by atoms with van der Waals surface area (Å²) in [6, 6.07) is 9.17. The molecule has 0 amide bonds. The monoisotopic (exact) mass is 245 g/mol. The number of hydrogen-bond donors (Lipinski definition) is 0. The zero-order chi connectivity index (χ0) is 12.7. The molecule has 1 heterocycles. The Labute approximate surface area is 102 Å². The fourth-order valence-corrected chi connectivity index (χ4v) is 1.79. The summed E-state index contributed by atoms with van der Waals surface area (Å²) in [5, 5.41) is 0. The normalized spacial score (nSPS) is 11.1. The van der Waals surface area contributed by atoms with Gasteiger partial charge in [0, 0.05) is 5.56 Å². The van der Waals surface area contributed by atoms with Gasteiger partial charge in [0.15, 0.2) is 17.2 Å². The minimum atomic E-state index is -0.911. The van der Waals surface area contributed by atoms with E-state index >= 15 is 0 Å². The molecule has 3 aromatic rings. The molecule has 0 atom stereocenters. The van der Waals surface area contributed by atoms with E-state index in [1.54, 1.807) is 6.07 Å². The third kappa shape index (κ3) is 1.76. The molecular weight excluding hydrogens is 236 g/mol.